The van der Waals surface area contributed by atoms with Crippen molar-refractivity contribution >= 4 is 24.2 Å². The van der Waals surface area contributed by atoms with Crippen LogP contribution in [0.1, 0.15) is 11.1 Å². The van der Waals surface area contributed by atoms with Crippen molar-refractivity contribution < 1.29 is 18.0 Å². The molecule has 1 aromatic carbocycles. The number of anilines is 1. The van der Waals surface area contributed by atoms with Gasteiger partial charge in [-0.1, -0.05) is 6.07 Å². The number of halogens is 3. The van der Waals surface area contributed by atoms with E-state index in [0.717, 1.165) is 6.07 Å². The highest BCUT2D eigenvalue weighted by Gasteiger charge is 2.32. The van der Waals surface area contributed by atoms with Gasteiger partial charge in [0.2, 0.25) is 5.91 Å². The first-order chi connectivity index (χ1) is 7.36. The summed E-state index contributed by atoms with van der Waals surface area (Å²) in [5, 5.41) is 2.36. The van der Waals surface area contributed by atoms with Gasteiger partial charge in [-0.15, -0.1) is 0 Å². The summed E-state index contributed by atoms with van der Waals surface area (Å²) in [6.07, 6.45) is -4.41. The van der Waals surface area contributed by atoms with Gasteiger partial charge in [0.25, 0.3) is 0 Å². The lowest BCUT2D eigenvalue weighted by Crippen LogP contribution is -2.15. The first-order valence-electron chi connectivity index (χ1n) is 4.43. The van der Waals surface area contributed by atoms with Crippen LogP contribution in [0.4, 0.5) is 18.9 Å². The number of thiol groups is 1. The number of carbonyl (C=O) groups is 1. The van der Waals surface area contributed by atoms with E-state index in [9.17, 15) is 18.0 Å². The van der Waals surface area contributed by atoms with Crippen molar-refractivity contribution in [1.82, 2.24) is 0 Å². The van der Waals surface area contributed by atoms with Gasteiger partial charge in [-0.25, -0.2) is 0 Å². The van der Waals surface area contributed by atoms with E-state index in [2.05, 4.69) is 17.9 Å². The van der Waals surface area contributed by atoms with Gasteiger partial charge in [0.05, 0.1) is 11.3 Å². The number of nitrogens with one attached hydrogen (secondary N) is 1. The summed E-state index contributed by atoms with van der Waals surface area (Å²) in [4.78, 5) is 11.0. The van der Waals surface area contributed by atoms with Crippen LogP contribution in [0.2, 0.25) is 0 Å². The average Bonchev–Trinajstić information content (AvgIpc) is 2.19. The minimum Gasteiger partial charge on any atom is -0.325 e. The number of carbonyl (C=O) groups excluding carboxylic acids is 1. The minimum absolute atomic E-state index is 0.00475. The molecule has 0 unspecified atom stereocenters. The maximum Gasteiger partial charge on any atom is 0.416 e. The lowest BCUT2D eigenvalue weighted by Gasteiger charge is -2.14. The highest BCUT2D eigenvalue weighted by molar-refractivity contribution is 7.81. The second-order valence-electron chi connectivity index (χ2n) is 3.18. The quantitative estimate of drug-likeness (QED) is 0.775. The van der Waals surface area contributed by atoms with Crippen LogP contribution in [0.5, 0.6) is 0 Å². The maximum atomic E-state index is 12.5. The summed E-state index contributed by atoms with van der Waals surface area (Å²) in [6, 6.07) is 3.65. The lowest BCUT2D eigenvalue weighted by atomic mass is 10.1. The third-order valence-electron chi connectivity index (χ3n) is 2.06. The number of benzene rings is 1. The predicted molar refractivity (Wildman–Crippen MR) is 58.7 cm³/mol. The number of rotatable bonds is 2. The molecule has 0 heterocycles. The van der Waals surface area contributed by atoms with Crippen LogP contribution in [-0.2, 0) is 11.0 Å². The summed E-state index contributed by atoms with van der Waals surface area (Å²) in [6.45, 7) is 1.32. The molecule has 6 heteroatoms. The van der Waals surface area contributed by atoms with E-state index in [0.29, 0.717) is 0 Å². The second kappa shape index (κ2) is 4.78. The number of amides is 1. The molecule has 0 aliphatic carbocycles. The first-order valence-corrected chi connectivity index (χ1v) is 5.07. The molecular weight excluding hydrogens is 239 g/mol. The molecule has 16 heavy (non-hydrogen) atoms. The number of alkyl halides is 3. The Kier molecular flexibility index (Phi) is 3.85. The Morgan fingerprint density at radius 2 is 2.06 bits per heavy atom. The molecule has 0 aliphatic rings. The SMILES string of the molecule is Cc1c(NC(=O)CS)cccc1C(F)(F)F. The van der Waals surface area contributed by atoms with Crippen LogP contribution >= 0.6 is 12.6 Å². The molecular formula is C10H10F3NOS. The zero-order valence-corrected chi connectivity index (χ0v) is 9.32. The summed E-state index contributed by atoms with van der Waals surface area (Å²) >= 11 is 3.73. The van der Waals surface area contributed by atoms with Crippen LogP contribution in [-0.4, -0.2) is 11.7 Å². The van der Waals surface area contributed by atoms with E-state index >= 15 is 0 Å². The average molecular weight is 249 g/mol. The Balaban J connectivity index is 3.09. The fourth-order valence-electron chi connectivity index (χ4n) is 1.27. The Hall–Kier alpha value is -1.17. The molecule has 0 spiro atoms. The number of hydrogen-bond donors (Lipinski definition) is 2. The largest absolute Gasteiger partial charge is 0.416 e. The Morgan fingerprint density at radius 1 is 1.44 bits per heavy atom. The van der Waals surface area contributed by atoms with Crippen molar-refractivity contribution in [2.24, 2.45) is 0 Å². The van der Waals surface area contributed by atoms with E-state index in [4.69, 9.17) is 0 Å². The third kappa shape index (κ3) is 2.91. The topological polar surface area (TPSA) is 29.1 Å². The van der Waals surface area contributed by atoms with Crippen LogP contribution < -0.4 is 5.32 Å². The lowest BCUT2D eigenvalue weighted by molar-refractivity contribution is -0.138. The van der Waals surface area contributed by atoms with Gasteiger partial charge in [0, 0.05) is 5.69 Å². The van der Waals surface area contributed by atoms with Crippen molar-refractivity contribution in [1.29, 1.82) is 0 Å². The molecule has 0 atom stereocenters. The molecule has 0 saturated heterocycles. The predicted octanol–water partition coefficient (Wildman–Crippen LogP) is 2.88. The Morgan fingerprint density at radius 3 is 2.56 bits per heavy atom. The normalized spacial score (nSPS) is 11.3. The molecule has 0 aromatic heterocycles. The molecule has 1 amide bonds. The van der Waals surface area contributed by atoms with Gasteiger partial charge in [0.15, 0.2) is 0 Å². The molecule has 88 valence electrons. The van der Waals surface area contributed by atoms with E-state index < -0.39 is 17.6 Å². The van der Waals surface area contributed by atoms with E-state index in [-0.39, 0.29) is 17.0 Å². The van der Waals surface area contributed by atoms with Gasteiger partial charge in [0.1, 0.15) is 0 Å². The van der Waals surface area contributed by atoms with Gasteiger partial charge >= 0.3 is 6.18 Å². The summed E-state index contributed by atoms with van der Waals surface area (Å²) < 4.78 is 37.6. The van der Waals surface area contributed by atoms with Crippen molar-refractivity contribution in [2.75, 3.05) is 11.1 Å². The molecule has 1 aromatic rings. The first kappa shape index (κ1) is 12.9. The molecule has 0 saturated carbocycles. The fraction of sp³-hybridized carbons (Fsp3) is 0.300. The third-order valence-corrected chi connectivity index (χ3v) is 2.34. The Labute approximate surface area is 96.3 Å². The maximum absolute atomic E-state index is 12.5. The van der Waals surface area contributed by atoms with Gasteiger partial charge in [-0.3, -0.25) is 4.79 Å². The number of hydrogen-bond acceptors (Lipinski definition) is 2. The van der Waals surface area contributed by atoms with Crippen LogP contribution in [0, 0.1) is 6.92 Å². The van der Waals surface area contributed by atoms with Crippen LogP contribution in [0.25, 0.3) is 0 Å². The second-order valence-corrected chi connectivity index (χ2v) is 3.50. The van der Waals surface area contributed by atoms with E-state index in [1.807, 2.05) is 0 Å². The minimum atomic E-state index is -4.41. The van der Waals surface area contributed by atoms with Crippen LogP contribution in [0.3, 0.4) is 0 Å². The van der Waals surface area contributed by atoms with Crippen molar-refractivity contribution in [2.45, 2.75) is 13.1 Å². The molecule has 0 radical (unpaired) electrons. The summed E-state index contributed by atoms with van der Waals surface area (Å²) in [7, 11) is 0. The van der Waals surface area contributed by atoms with Crippen molar-refractivity contribution in [3.63, 3.8) is 0 Å². The highest BCUT2D eigenvalue weighted by Crippen LogP contribution is 2.34. The molecule has 1 N–H and O–H groups in total. The molecule has 0 fully saturated rings. The highest BCUT2D eigenvalue weighted by atomic mass is 32.1. The Bertz CT molecular complexity index is 404. The van der Waals surface area contributed by atoms with Gasteiger partial charge < -0.3 is 5.32 Å². The van der Waals surface area contributed by atoms with Gasteiger partial charge in [-0.05, 0) is 24.6 Å². The van der Waals surface area contributed by atoms with Gasteiger partial charge in [-0.2, -0.15) is 25.8 Å². The fourth-order valence-corrected chi connectivity index (χ4v) is 1.35. The summed E-state index contributed by atoms with van der Waals surface area (Å²) in [5.74, 6) is -0.513. The molecule has 0 bridgehead atoms. The van der Waals surface area contributed by atoms with Crippen molar-refractivity contribution in [3.05, 3.63) is 29.3 Å². The smallest absolute Gasteiger partial charge is 0.325 e. The standard InChI is InChI=1S/C10H10F3NOS/c1-6-7(10(11,12)13)3-2-4-8(6)14-9(15)5-16/h2-4,16H,5H2,1H3,(H,14,15). The molecule has 2 nitrogen and oxygen atoms in total. The van der Waals surface area contributed by atoms with E-state index in [1.165, 1.54) is 19.1 Å². The van der Waals surface area contributed by atoms with Crippen LogP contribution in [0.15, 0.2) is 18.2 Å². The molecule has 0 aliphatic heterocycles. The zero-order valence-electron chi connectivity index (χ0n) is 8.43. The molecule has 1 rings (SSSR count). The summed E-state index contributed by atoms with van der Waals surface area (Å²) in [5.41, 5.74) is -0.580. The van der Waals surface area contributed by atoms with Crippen molar-refractivity contribution in [3.8, 4) is 0 Å². The monoisotopic (exact) mass is 249 g/mol. The zero-order chi connectivity index (χ0) is 12.3. The van der Waals surface area contributed by atoms with E-state index in [1.54, 1.807) is 0 Å².